The van der Waals surface area contributed by atoms with Gasteiger partial charge in [0.15, 0.2) is 0 Å². The maximum Gasteiger partial charge on any atom is 0.361 e. The molecule has 2 rings (SSSR count). The second kappa shape index (κ2) is 5.11. The molecule has 6 heteroatoms. The van der Waals surface area contributed by atoms with Crippen LogP contribution in [0.15, 0.2) is 35.6 Å². The van der Waals surface area contributed by atoms with Gasteiger partial charge in [-0.1, -0.05) is 5.10 Å². The third-order valence-electron chi connectivity index (χ3n) is 2.18. The third kappa shape index (κ3) is 2.72. The zero-order chi connectivity index (χ0) is 12.3. The minimum Gasteiger partial charge on any atom is -0.609 e. The molecule has 0 aliphatic rings. The van der Waals surface area contributed by atoms with Crippen molar-refractivity contribution in [2.45, 2.75) is 5.16 Å². The van der Waals surface area contributed by atoms with E-state index in [1.165, 1.54) is 6.26 Å². The molecule has 5 nitrogen and oxygen atoms in total. The minimum atomic E-state index is -1.20. The van der Waals surface area contributed by atoms with Crippen LogP contribution in [0.25, 0.3) is 11.3 Å². The SMILES string of the molecule is COc1ccc(-c2cnc([S+](C)[O-])nn2)cc1. The third-order valence-corrected chi connectivity index (χ3v) is 2.88. The van der Waals surface area contributed by atoms with Gasteiger partial charge in [0.05, 0.1) is 13.3 Å². The van der Waals surface area contributed by atoms with Crippen LogP contribution < -0.4 is 4.74 Å². The predicted molar refractivity (Wildman–Crippen MR) is 64.1 cm³/mol. The van der Waals surface area contributed by atoms with Crippen molar-refractivity contribution in [1.29, 1.82) is 0 Å². The lowest BCUT2D eigenvalue weighted by Crippen LogP contribution is -2.05. The number of aromatic nitrogens is 3. The van der Waals surface area contributed by atoms with E-state index in [0.29, 0.717) is 5.69 Å². The smallest absolute Gasteiger partial charge is 0.361 e. The van der Waals surface area contributed by atoms with E-state index in [2.05, 4.69) is 15.2 Å². The van der Waals surface area contributed by atoms with Gasteiger partial charge in [0.25, 0.3) is 0 Å². The average Bonchev–Trinajstić information content (AvgIpc) is 2.39. The molecule has 1 aromatic carbocycles. The van der Waals surface area contributed by atoms with E-state index in [9.17, 15) is 4.55 Å². The Bertz CT molecular complexity index is 485. The summed E-state index contributed by atoms with van der Waals surface area (Å²) in [6, 6.07) is 7.41. The first-order chi connectivity index (χ1) is 8.20. The van der Waals surface area contributed by atoms with Gasteiger partial charge in [0.1, 0.15) is 17.7 Å². The Kier molecular flexibility index (Phi) is 3.55. The molecule has 0 saturated heterocycles. The van der Waals surface area contributed by atoms with Crippen LogP contribution in [0.1, 0.15) is 0 Å². The summed E-state index contributed by atoms with van der Waals surface area (Å²) < 4.78 is 16.2. The van der Waals surface area contributed by atoms with Crippen molar-refractivity contribution < 1.29 is 9.29 Å². The largest absolute Gasteiger partial charge is 0.609 e. The molecule has 0 aliphatic heterocycles. The summed E-state index contributed by atoms with van der Waals surface area (Å²) in [4.78, 5) is 3.99. The van der Waals surface area contributed by atoms with Gasteiger partial charge >= 0.3 is 5.16 Å². The second-order valence-electron chi connectivity index (χ2n) is 3.31. The Morgan fingerprint density at radius 2 is 1.88 bits per heavy atom. The van der Waals surface area contributed by atoms with Crippen LogP contribution in [0.2, 0.25) is 0 Å². The Morgan fingerprint density at radius 1 is 1.18 bits per heavy atom. The Labute approximate surface area is 102 Å². The van der Waals surface area contributed by atoms with E-state index in [1.54, 1.807) is 13.3 Å². The molecule has 0 bridgehead atoms. The van der Waals surface area contributed by atoms with Crippen LogP contribution in [-0.4, -0.2) is 33.1 Å². The lowest BCUT2D eigenvalue weighted by atomic mass is 10.2. The number of nitrogens with zero attached hydrogens (tertiary/aromatic N) is 3. The summed E-state index contributed by atoms with van der Waals surface area (Å²) in [6.07, 6.45) is 3.08. The van der Waals surface area contributed by atoms with Gasteiger partial charge in [-0.3, -0.25) is 0 Å². The van der Waals surface area contributed by atoms with Gasteiger partial charge in [-0.2, -0.15) is 4.98 Å². The van der Waals surface area contributed by atoms with Crippen LogP contribution in [0.5, 0.6) is 5.75 Å². The standard InChI is InChI=1S/C11H11N3O2S/c1-16-9-5-3-8(4-6-9)10-7-12-11(14-13-10)17(2)15/h3-7H,1-2H3. The summed E-state index contributed by atoms with van der Waals surface area (Å²) >= 11 is -1.20. The molecule has 1 aromatic heterocycles. The maximum absolute atomic E-state index is 11.1. The Balaban J connectivity index is 2.26. The van der Waals surface area contributed by atoms with Crippen LogP contribution in [0, 0.1) is 0 Å². The first-order valence-electron chi connectivity index (χ1n) is 4.88. The number of benzene rings is 1. The van der Waals surface area contributed by atoms with Crippen molar-refractivity contribution in [3.05, 3.63) is 30.5 Å². The molecule has 0 N–H and O–H groups in total. The number of hydrogen-bond acceptors (Lipinski definition) is 5. The summed E-state index contributed by atoms with van der Waals surface area (Å²) in [5.41, 5.74) is 1.53. The highest BCUT2D eigenvalue weighted by Gasteiger charge is 2.09. The number of rotatable bonds is 3. The molecule has 0 amide bonds. The van der Waals surface area contributed by atoms with E-state index in [1.807, 2.05) is 24.3 Å². The highest BCUT2D eigenvalue weighted by atomic mass is 32.2. The van der Waals surface area contributed by atoms with Crippen molar-refractivity contribution in [3.8, 4) is 17.0 Å². The maximum atomic E-state index is 11.1. The summed E-state index contributed by atoms with van der Waals surface area (Å²) in [5, 5.41) is 8.02. The van der Waals surface area contributed by atoms with Crippen molar-refractivity contribution in [2.24, 2.45) is 0 Å². The summed E-state index contributed by atoms with van der Waals surface area (Å²) in [6.45, 7) is 0. The van der Waals surface area contributed by atoms with Crippen molar-refractivity contribution >= 4 is 11.2 Å². The molecule has 0 saturated carbocycles. The van der Waals surface area contributed by atoms with Crippen LogP contribution in [-0.2, 0) is 11.2 Å². The van der Waals surface area contributed by atoms with Crippen molar-refractivity contribution in [3.63, 3.8) is 0 Å². The molecule has 1 unspecified atom stereocenters. The number of hydrogen-bond donors (Lipinski definition) is 0. The molecule has 1 heterocycles. The van der Waals surface area contributed by atoms with E-state index < -0.39 is 11.2 Å². The minimum absolute atomic E-state index is 0.238. The number of methoxy groups -OCH3 is 1. The van der Waals surface area contributed by atoms with E-state index in [0.717, 1.165) is 11.3 Å². The monoisotopic (exact) mass is 249 g/mol. The van der Waals surface area contributed by atoms with Crippen molar-refractivity contribution in [2.75, 3.05) is 13.4 Å². The molecular weight excluding hydrogens is 238 g/mol. The zero-order valence-electron chi connectivity index (χ0n) is 9.45. The number of ether oxygens (including phenoxy) is 1. The second-order valence-corrected chi connectivity index (χ2v) is 4.58. The van der Waals surface area contributed by atoms with E-state index in [4.69, 9.17) is 4.74 Å². The molecule has 0 fully saturated rings. The molecule has 1 atom stereocenters. The van der Waals surface area contributed by atoms with Gasteiger partial charge in [-0.15, -0.1) is 5.10 Å². The summed E-state index contributed by atoms with van der Waals surface area (Å²) in [5.74, 6) is 0.779. The quantitative estimate of drug-likeness (QED) is 0.766. The highest BCUT2D eigenvalue weighted by molar-refractivity contribution is 7.90. The Morgan fingerprint density at radius 3 is 2.35 bits per heavy atom. The molecule has 88 valence electrons. The van der Waals surface area contributed by atoms with Crippen molar-refractivity contribution in [1.82, 2.24) is 15.2 Å². The van der Waals surface area contributed by atoms with Gasteiger partial charge in [-0.05, 0) is 24.3 Å². The van der Waals surface area contributed by atoms with E-state index in [-0.39, 0.29) is 5.16 Å². The normalized spacial score (nSPS) is 12.2. The molecule has 2 aromatic rings. The predicted octanol–water partition coefficient (Wildman–Crippen LogP) is 1.28. The van der Waals surface area contributed by atoms with Crippen LogP contribution in [0.4, 0.5) is 0 Å². The van der Waals surface area contributed by atoms with Crippen LogP contribution in [0.3, 0.4) is 0 Å². The fourth-order valence-corrected chi connectivity index (χ4v) is 1.65. The van der Waals surface area contributed by atoms with E-state index >= 15 is 0 Å². The fraction of sp³-hybridized carbons (Fsp3) is 0.182. The molecule has 0 radical (unpaired) electrons. The van der Waals surface area contributed by atoms with Gasteiger partial charge in [-0.25, -0.2) is 0 Å². The topological polar surface area (TPSA) is 71.0 Å². The average molecular weight is 249 g/mol. The first-order valence-corrected chi connectivity index (χ1v) is 6.44. The summed E-state index contributed by atoms with van der Waals surface area (Å²) in [7, 11) is 1.61. The molecule has 0 aliphatic carbocycles. The van der Waals surface area contributed by atoms with Gasteiger partial charge < -0.3 is 9.29 Å². The molecule has 0 spiro atoms. The van der Waals surface area contributed by atoms with Gasteiger partial charge in [0.2, 0.25) is 0 Å². The lowest BCUT2D eigenvalue weighted by molar-refractivity contribution is 0.415. The van der Waals surface area contributed by atoms with Gasteiger partial charge in [0, 0.05) is 16.7 Å². The Hall–Kier alpha value is -1.66. The first kappa shape index (κ1) is 11.8. The lowest BCUT2D eigenvalue weighted by Gasteiger charge is -2.03. The highest BCUT2D eigenvalue weighted by Crippen LogP contribution is 2.19. The molecule has 17 heavy (non-hydrogen) atoms. The van der Waals surface area contributed by atoms with Crippen LogP contribution >= 0.6 is 0 Å². The fourth-order valence-electron chi connectivity index (χ4n) is 1.29. The zero-order valence-corrected chi connectivity index (χ0v) is 10.3. The molecular formula is C11H11N3O2S.